The van der Waals surface area contributed by atoms with E-state index in [0.29, 0.717) is 12.0 Å². The van der Waals surface area contributed by atoms with Crippen molar-refractivity contribution in [1.29, 1.82) is 0 Å². The first-order valence-electron chi connectivity index (χ1n) is 7.86. The minimum Gasteiger partial charge on any atom is -0.387 e. The lowest BCUT2D eigenvalue weighted by Gasteiger charge is -2.19. The molecule has 0 radical (unpaired) electrons. The summed E-state index contributed by atoms with van der Waals surface area (Å²) in [6.07, 6.45) is -0.385. The van der Waals surface area contributed by atoms with Crippen LogP contribution in [0.3, 0.4) is 0 Å². The summed E-state index contributed by atoms with van der Waals surface area (Å²) < 4.78 is 12.9. The van der Waals surface area contributed by atoms with E-state index in [2.05, 4.69) is 0 Å². The topological polar surface area (TPSA) is 57.6 Å². The Labute approximate surface area is 139 Å². The Morgan fingerprint density at radius 3 is 2.42 bits per heavy atom. The molecule has 5 heteroatoms. The van der Waals surface area contributed by atoms with Crippen LogP contribution in [0.15, 0.2) is 54.6 Å². The molecule has 1 aliphatic heterocycles. The molecular formula is C19H18FNO3. The number of nitrogens with zero attached hydrogens (tertiary/aromatic N) is 1. The zero-order valence-corrected chi connectivity index (χ0v) is 13.1. The molecule has 2 aromatic rings. The standard InChI is InChI=1S/C19H18FNO3/c20-16-8-6-13(7-9-16)10-15-11-18(23)21(19(15)24)12-17(22)14-4-2-1-3-5-14/h1-9,15,17,22H,10-12H2. The second-order valence-electron chi connectivity index (χ2n) is 6.00. The third kappa shape index (κ3) is 3.51. The molecule has 24 heavy (non-hydrogen) atoms. The fourth-order valence-corrected chi connectivity index (χ4v) is 2.96. The van der Waals surface area contributed by atoms with Crippen molar-refractivity contribution in [3.05, 3.63) is 71.5 Å². The molecule has 1 N–H and O–H groups in total. The lowest BCUT2D eigenvalue weighted by atomic mass is 9.98. The third-order valence-corrected chi connectivity index (χ3v) is 4.27. The molecule has 0 aliphatic carbocycles. The predicted molar refractivity (Wildman–Crippen MR) is 86.3 cm³/mol. The van der Waals surface area contributed by atoms with Crippen molar-refractivity contribution in [3.8, 4) is 0 Å². The van der Waals surface area contributed by atoms with E-state index in [1.165, 1.54) is 12.1 Å². The van der Waals surface area contributed by atoms with E-state index in [9.17, 15) is 19.1 Å². The average Bonchev–Trinajstić information content (AvgIpc) is 2.85. The number of carbonyl (C=O) groups is 2. The molecule has 1 fully saturated rings. The van der Waals surface area contributed by atoms with E-state index in [-0.39, 0.29) is 30.6 Å². The molecule has 4 nitrogen and oxygen atoms in total. The fraction of sp³-hybridized carbons (Fsp3) is 0.263. The summed E-state index contributed by atoms with van der Waals surface area (Å²) >= 11 is 0. The maximum atomic E-state index is 12.9. The van der Waals surface area contributed by atoms with Crippen molar-refractivity contribution < 1.29 is 19.1 Å². The van der Waals surface area contributed by atoms with Gasteiger partial charge < -0.3 is 5.11 Å². The van der Waals surface area contributed by atoms with Gasteiger partial charge in [-0.05, 0) is 29.7 Å². The number of likely N-dealkylation sites (tertiary alicyclic amines) is 1. The van der Waals surface area contributed by atoms with E-state index in [1.54, 1.807) is 36.4 Å². The van der Waals surface area contributed by atoms with Crippen LogP contribution in [-0.4, -0.2) is 28.4 Å². The van der Waals surface area contributed by atoms with Crippen molar-refractivity contribution >= 4 is 11.8 Å². The predicted octanol–water partition coefficient (Wildman–Crippen LogP) is 2.48. The minimum atomic E-state index is -0.899. The molecule has 1 saturated heterocycles. The number of halogens is 1. The van der Waals surface area contributed by atoms with Crippen LogP contribution in [0.25, 0.3) is 0 Å². The number of hydrogen-bond donors (Lipinski definition) is 1. The van der Waals surface area contributed by atoms with Crippen LogP contribution >= 0.6 is 0 Å². The van der Waals surface area contributed by atoms with Crippen LogP contribution < -0.4 is 0 Å². The van der Waals surface area contributed by atoms with Crippen molar-refractivity contribution in [2.45, 2.75) is 18.9 Å². The highest BCUT2D eigenvalue weighted by molar-refractivity contribution is 6.03. The van der Waals surface area contributed by atoms with Gasteiger partial charge in [-0.2, -0.15) is 0 Å². The lowest BCUT2D eigenvalue weighted by molar-refractivity contribution is -0.141. The smallest absolute Gasteiger partial charge is 0.233 e. The van der Waals surface area contributed by atoms with E-state index < -0.39 is 12.0 Å². The molecule has 2 amide bonds. The SMILES string of the molecule is O=C1CC(Cc2ccc(F)cc2)C(=O)N1CC(O)c1ccccc1. The lowest BCUT2D eigenvalue weighted by Crippen LogP contribution is -2.34. The van der Waals surface area contributed by atoms with Crippen LogP contribution in [0.1, 0.15) is 23.7 Å². The Balaban J connectivity index is 1.66. The fourth-order valence-electron chi connectivity index (χ4n) is 2.96. The third-order valence-electron chi connectivity index (χ3n) is 4.27. The molecule has 1 aliphatic rings. The number of imide groups is 1. The van der Waals surface area contributed by atoms with Gasteiger partial charge in [-0.3, -0.25) is 14.5 Å². The highest BCUT2D eigenvalue weighted by Crippen LogP contribution is 2.26. The van der Waals surface area contributed by atoms with Crippen LogP contribution in [0.4, 0.5) is 4.39 Å². The minimum absolute atomic E-state index is 0.0401. The van der Waals surface area contributed by atoms with E-state index in [1.807, 2.05) is 6.07 Å². The van der Waals surface area contributed by atoms with Crippen molar-refractivity contribution in [1.82, 2.24) is 4.90 Å². The molecule has 0 aromatic heterocycles. The van der Waals surface area contributed by atoms with Gasteiger partial charge in [0.05, 0.1) is 18.6 Å². The number of β-amino-alcohol motifs (C(OH)–C–C–N with tert-alkyl or cyclic N) is 1. The Bertz CT molecular complexity index is 730. The number of carbonyl (C=O) groups excluding carboxylic acids is 2. The van der Waals surface area contributed by atoms with Gasteiger partial charge in [0.15, 0.2) is 0 Å². The van der Waals surface area contributed by atoms with Crippen LogP contribution in [0.2, 0.25) is 0 Å². The largest absolute Gasteiger partial charge is 0.387 e. The summed E-state index contributed by atoms with van der Waals surface area (Å²) in [5, 5.41) is 10.2. The molecule has 2 aromatic carbocycles. The molecule has 2 atom stereocenters. The van der Waals surface area contributed by atoms with Crippen LogP contribution in [0.5, 0.6) is 0 Å². The van der Waals surface area contributed by atoms with Gasteiger partial charge >= 0.3 is 0 Å². The summed E-state index contributed by atoms with van der Waals surface area (Å²) in [5.74, 6) is -1.34. The van der Waals surface area contributed by atoms with Gasteiger partial charge in [-0.25, -0.2) is 4.39 Å². The first-order valence-corrected chi connectivity index (χ1v) is 7.86. The number of hydrogen-bond acceptors (Lipinski definition) is 3. The Hall–Kier alpha value is -2.53. The maximum absolute atomic E-state index is 12.9. The Kier molecular flexibility index (Phi) is 4.71. The zero-order valence-electron chi connectivity index (χ0n) is 13.1. The van der Waals surface area contributed by atoms with E-state index in [0.717, 1.165) is 10.5 Å². The van der Waals surface area contributed by atoms with Gasteiger partial charge in [-0.1, -0.05) is 42.5 Å². The summed E-state index contributed by atoms with van der Waals surface area (Å²) in [7, 11) is 0. The summed E-state index contributed by atoms with van der Waals surface area (Å²) in [6, 6.07) is 14.9. The quantitative estimate of drug-likeness (QED) is 0.859. The normalized spacial score (nSPS) is 18.9. The number of aliphatic hydroxyl groups is 1. The molecule has 0 saturated carbocycles. The van der Waals surface area contributed by atoms with Crippen LogP contribution in [0, 0.1) is 11.7 Å². The molecular weight excluding hydrogens is 309 g/mol. The number of rotatable bonds is 5. The van der Waals surface area contributed by atoms with E-state index in [4.69, 9.17) is 0 Å². The summed E-state index contributed by atoms with van der Waals surface area (Å²) in [6.45, 7) is -0.0401. The molecule has 0 spiro atoms. The average molecular weight is 327 g/mol. The van der Waals surface area contributed by atoms with E-state index >= 15 is 0 Å². The summed E-state index contributed by atoms with van der Waals surface area (Å²) in [4.78, 5) is 25.7. The highest BCUT2D eigenvalue weighted by Gasteiger charge is 2.39. The molecule has 124 valence electrons. The molecule has 1 heterocycles. The van der Waals surface area contributed by atoms with Gasteiger partial charge in [0, 0.05) is 6.42 Å². The van der Waals surface area contributed by atoms with Crippen molar-refractivity contribution in [3.63, 3.8) is 0 Å². The molecule has 0 bridgehead atoms. The Morgan fingerprint density at radius 2 is 1.75 bits per heavy atom. The maximum Gasteiger partial charge on any atom is 0.233 e. The first kappa shape index (κ1) is 16.3. The number of benzene rings is 2. The first-order chi connectivity index (χ1) is 11.5. The number of amides is 2. The zero-order chi connectivity index (χ0) is 17.1. The Morgan fingerprint density at radius 1 is 1.08 bits per heavy atom. The summed E-state index contributed by atoms with van der Waals surface area (Å²) in [5.41, 5.74) is 1.48. The van der Waals surface area contributed by atoms with Gasteiger partial charge in [0.2, 0.25) is 11.8 Å². The van der Waals surface area contributed by atoms with Gasteiger partial charge in [0.25, 0.3) is 0 Å². The highest BCUT2D eigenvalue weighted by atomic mass is 19.1. The number of aliphatic hydroxyl groups excluding tert-OH is 1. The van der Waals surface area contributed by atoms with Crippen molar-refractivity contribution in [2.24, 2.45) is 5.92 Å². The molecule has 3 rings (SSSR count). The van der Waals surface area contributed by atoms with Crippen LogP contribution in [-0.2, 0) is 16.0 Å². The van der Waals surface area contributed by atoms with Gasteiger partial charge in [-0.15, -0.1) is 0 Å². The second kappa shape index (κ2) is 6.93. The van der Waals surface area contributed by atoms with Gasteiger partial charge in [0.1, 0.15) is 5.82 Å². The molecule has 2 unspecified atom stereocenters. The second-order valence-corrected chi connectivity index (χ2v) is 6.00. The monoisotopic (exact) mass is 327 g/mol. The van der Waals surface area contributed by atoms with Crippen molar-refractivity contribution in [2.75, 3.05) is 6.54 Å².